The molecule has 0 bridgehead atoms. The lowest BCUT2D eigenvalue weighted by atomic mass is 9.82. The molecule has 1 unspecified atom stereocenters. The molecule has 5 rings (SSSR count). The predicted molar refractivity (Wildman–Crippen MR) is 124 cm³/mol. The van der Waals surface area contributed by atoms with Gasteiger partial charge < -0.3 is 19.6 Å². The number of ether oxygens (including phenoxy) is 1. The fraction of sp³-hybridized carbons (Fsp3) is 0.462. The summed E-state index contributed by atoms with van der Waals surface area (Å²) >= 11 is 0. The number of piperazine rings is 2. The van der Waals surface area contributed by atoms with Crippen LogP contribution in [0.2, 0.25) is 0 Å². The largest absolute Gasteiger partial charge is 0.465 e. The summed E-state index contributed by atoms with van der Waals surface area (Å²) in [6.45, 7) is 3.42. The van der Waals surface area contributed by atoms with Crippen LogP contribution in [-0.2, 0) is 9.53 Å². The Morgan fingerprint density at radius 1 is 0.879 bits per heavy atom. The summed E-state index contributed by atoms with van der Waals surface area (Å²) < 4.78 is 5.63. The zero-order valence-corrected chi connectivity index (χ0v) is 18.8. The van der Waals surface area contributed by atoms with Gasteiger partial charge in [0.1, 0.15) is 6.10 Å². The molecule has 2 amide bonds. The molecule has 3 fully saturated rings. The summed E-state index contributed by atoms with van der Waals surface area (Å²) in [5.41, 5.74) is 2.36. The van der Waals surface area contributed by atoms with Crippen molar-refractivity contribution in [3.63, 3.8) is 0 Å². The van der Waals surface area contributed by atoms with Crippen molar-refractivity contribution < 1.29 is 19.4 Å². The molecule has 3 heterocycles. The lowest BCUT2D eigenvalue weighted by Gasteiger charge is -2.53. The fourth-order valence-corrected chi connectivity index (χ4v) is 5.71. The maximum atomic E-state index is 13.0. The van der Waals surface area contributed by atoms with Gasteiger partial charge in [0.2, 0.25) is 0 Å². The Kier molecular flexibility index (Phi) is 6.33. The Bertz CT molecular complexity index is 925. The third-order valence-corrected chi connectivity index (χ3v) is 7.28. The Balaban J connectivity index is 1.45. The van der Waals surface area contributed by atoms with Gasteiger partial charge >= 0.3 is 6.09 Å². The predicted octanol–water partition coefficient (Wildman–Crippen LogP) is 2.87. The first kappa shape index (κ1) is 21.9. The van der Waals surface area contributed by atoms with E-state index in [9.17, 15) is 14.7 Å². The summed E-state index contributed by atoms with van der Waals surface area (Å²) in [4.78, 5) is 31.0. The number of benzene rings is 2. The highest BCUT2D eigenvalue weighted by molar-refractivity contribution is 5.81. The highest BCUT2D eigenvalue weighted by Gasteiger charge is 2.45. The highest BCUT2D eigenvalue weighted by atomic mass is 16.5. The first-order valence-electron chi connectivity index (χ1n) is 11.9. The lowest BCUT2D eigenvalue weighted by molar-refractivity contribution is -0.146. The second-order valence-electron chi connectivity index (χ2n) is 9.23. The van der Waals surface area contributed by atoms with Gasteiger partial charge in [0.15, 0.2) is 0 Å². The van der Waals surface area contributed by atoms with Gasteiger partial charge in [0.25, 0.3) is 5.91 Å². The maximum Gasteiger partial charge on any atom is 0.407 e. The van der Waals surface area contributed by atoms with E-state index in [0.717, 1.165) is 19.4 Å². The molecule has 0 aromatic heterocycles. The Labute approximate surface area is 194 Å². The average molecular weight is 450 g/mol. The third-order valence-electron chi connectivity index (χ3n) is 7.28. The van der Waals surface area contributed by atoms with Crippen molar-refractivity contribution in [1.29, 1.82) is 0 Å². The van der Waals surface area contributed by atoms with Crippen molar-refractivity contribution in [3.8, 4) is 0 Å². The molecule has 3 aliphatic rings. The van der Waals surface area contributed by atoms with Crippen molar-refractivity contribution in [2.24, 2.45) is 0 Å². The molecule has 7 nitrogen and oxygen atoms in total. The molecule has 3 saturated heterocycles. The highest BCUT2D eigenvalue weighted by Crippen LogP contribution is 2.36. The number of hydrogen-bond donors (Lipinski definition) is 1. The molecule has 0 radical (unpaired) electrons. The molecule has 1 N–H and O–H groups in total. The smallest absolute Gasteiger partial charge is 0.407 e. The molecule has 2 aromatic carbocycles. The van der Waals surface area contributed by atoms with Crippen LogP contribution in [0.1, 0.15) is 29.9 Å². The Morgan fingerprint density at radius 3 is 2.09 bits per heavy atom. The number of amides is 2. The van der Waals surface area contributed by atoms with Crippen molar-refractivity contribution in [1.82, 2.24) is 14.7 Å². The zero-order chi connectivity index (χ0) is 22.8. The maximum absolute atomic E-state index is 13.0. The van der Waals surface area contributed by atoms with Gasteiger partial charge in [0, 0.05) is 57.3 Å². The molecule has 0 saturated carbocycles. The van der Waals surface area contributed by atoms with Crippen molar-refractivity contribution in [2.45, 2.75) is 36.9 Å². The van der Waals surface area contributed by atoms with E-state index in [1.165, 1.54) is 16.0 Å². The van der Waals surface area contributed by atoms with E-state index in [2.05, 4.69) is 29.2 Å². The molecule has 0 spiro atoms. The molecular formula is C26H31N3O4. The van der Waals surface area contributed by atoms with Crippen molar-refractivity contribution >= 4 is 12.0 Å². The van der Waals surface area contributed by atoms with Crippen LogP contribution in [0.4, 0.5) is 4.79 Å². The van der Waals surface area contributed by atoms with Crippen molar-refractivity contribution in [2.75, 3.05) is 39.3 Å². The Hall–Kier alpha value is -2.90. The van der Waals surface area contributed by atoms with E-state index in [0.29, 0.717) is 32.8 Å². The van der Waals surface area contributed by atoms with E-state index in [1.807, 2.05) is 41.3 Å². The van der Waals surface area contributed by atoms with Crippen molar-refractivity contribution in [3.05, 3.63) is 71.8 Å². The van der Waals surface area contributed by atoms with Gasteiger partial charge in [-0.15, -0.1) is 0 Å². The Morgan fingerprint density at radius 2 is 1.52 bits per heavy atom. The third kappa shape index (κ3) is 4.48. The van der Waals surface area contributed by atoms with Crippen LogP contribution in [0.15, 0.2) is 60.7 Å². The van der Waals surface area contributed by atoms with Gasteiger partial charge in [-0.2, -0.15) is 0 Å². The number of carbonyl (C=O) groups is 2. The van der Waals surface area contributed by atoms with E-state index in [4.69, 9.17) is 4.74 Å². The summed E-state index contributed by atoms with van der Waals surface area (Å²) in [7, 11) is 0. The molecule has 3 aliphatic heterocycles. The molecular weight excluding hydrogens is 418 g/mol. The molecule has 7 heteroatoms. The first-order chi connectivity index (χ1) is 16.1. The minimum absolute atomic E-state index is 0.00960. The van der Waals surface area contributed by atoms with E-state index in [-0.39, 0.29) is 30.0 Å². The first-order valence-corrected chi connectivity index (χ1v) is 11.9. The normalized spacial score (nSPS) is 25.8. The molecule has 174 valence electrons. The van der Waals surface area contributed by atoms with Crippen LogP contribution in [0.3, 0.4) is 0 Å². The van der Waals surface area contributed by atoms with E-state index >= 15 is 0 Å². The number of carboxylic acid groups (broad SMARTS) is 1. The van der Waals surface area contributed by atoms with Gasteiger partial charge in [0.05, 0.1) is 0 Å². The summed E-state index contributed by atoms with van der Waals surface area (Å²) in [6.07, 6.45) is 0.456. The van der Waals surface area contributed by atoms with Gasteiger partial charge in [-0.1, -0.05) is 60.7 Å². The van der Waals surface area contributed by atoms with Crippen LogP contribution in [-0.4, -0.2) is 89.3 Å². The quantitative estimate of drug-likeness (QED) is 0.777. The summed E-state index contributed by atoms with van der Waals surface area (Å²) in [6, 6.07) is 20.6. The molecule has 0 aliphatic carbocycles. The van der Waals surface area contributed by atoms with Crippen LogP contribution >= 0.6 is 0 Å². The van der Waals surface area contributed by atoms with Gasteiger partial charge in [-0.3, -0.25) is 9.69 Å². The summed E-state index contributed by atoms with van der Waals surface area (Å²) in [5, 5.41) is 9.92. The van der Waals surface area contributed by atoms with Gasteiger partial charge in [-0.05, 0) is 24.0 Å². The van der Waals surface area contributed by atoms with Crippen LogP contribution in [0.5, 0.6) is 0 Å². The molecule has 3 atom stereocenters. The fourth-order valence-electron chi connectivity index (χ4n) is 5.71. The average Bonchev–Trinajstić information content (AvgIpc) is 3.39. The number of rotatable bonds is 4. The topological polar surface area (TPSA) is 73.3 Å². The zero-order valence-electron chi connectivity index (χ0n) is 18.8. The lowest BCUT2D eigenvalue weighted by Crippen LogP contribution is -2.68. The number of carbonyl (C=O) groups excluding carboxylic acids is 1. The number of hydrogen-bond acceptors (Lipinski definition) is 4. The van der Waals surface area contributed by atoms with Crippen LogP contribution < -0.4 is 0 Å². The summed E-state index contributed by atoms with van der Waals surface area (Å²) in [5.74, 6) is 0.0938. The minimum atomic E-state index is -0.901. The number of nitrogens with zero attached hydrogens (tertiary/aromatic N) is 3. The minimum Gasteiger partial charge on any atom is -0.465 e. The van der Waals surface area contributed by atoms with E-state index in [1.54, 1.807) is 0 Å². The molecule has 2 aromatic rings. The van der Waals surface area contributed by atoms with Crippen LogP contribution in [0.25, 0.3) is 0 Å². The monoisotopic (exact) mass is 449 g/mol. The molecule has 33 heavy (non-hydrogen) atoms. The van der Waals surface area contributed by atoms with Crippen LogP contribution in [0, 0.1) is 0 Å². The van der Waals surface area contributed by atoms with E-state index < -0.39 is 6.09 Å². The second kappa shape index (κ2) is 9.53. The standard InChI is InChI=1S/C26H31N3O4/c30-25(23-12-7-15-33-23)27-13-14-29-21(16-27)17-28(26(31)32)18-22(29)24(19-8-3-1-4-9-19)20-10-5-2-6-11-20/h1-6,8-11,21-24H,7,12-18H2,(H,31,32)/t21-,22?,23-/m0/s1. The second-order valence-corrected chi connectivity index (χ2v) is 9.23. The van der Waals surface area contributed by atoms with Gasteiger partial charge in [-0.25, -0.2) is 4.79 Å². The SMILES string of the molecule is O=C(O)N1CC(C(c2ccccc2)c2ccccc2)N2CCN(C(=O)[C@@H]3CCCO3)C[C@H]2C1. The number of fused-ring (bicyclic) bond motifs is 1.